The minimum Gasteiger partial charge on any atom is -0.449 e. The van der Waals surface area contributed by atoms with Crippen LogP contribution in [0.5, 0.6) is 0 Å². The lowest BCUT2D eigenvalue weighted by Crippen LogP contribution is -2.60. The van der Waals surface area contributed by atoms with E-state index in [1.807, 2.05) is 0 Å². The maximum absolute atomic E-state index is 12.0. The molecule has 2 saturated heterocycles. The molecule has 2 unspecified atom stereocenters. The van der Waals surface area contributed by atoms with Crippen LogP contribution in [0.2, 0.25) is 0 Å². The number of carbonyl (C=O) groups is 2. The van der Waals surface area contributed by atoms with Crippen LogP contribution in [-0.4, -0.2) is 105 Å². The standard InChI is InChI=1S/C12H18O11/c13-1-3(15)9-8(19)10(11(20)22-9)23-12-7(18)6(17)5(16)4(2-14)21-12/h3-7,9-10,12-18H,1-2H2/t3-,4+,5-,6-,7+,9+,10?,12?/m0/s1. The molecule has 2 heterocycles. The second-order valence-corrected chi connectivity index (χ2v) is 5.22. The summed E-state index contributed by atoms with van der Waals surface area (Å²) in [5, 5.41) is 56.2. The van der Waals surface area contributed by atoms with Crippen LogP contribution >= 0.6 is 0 Å². The molecule has 6 N–H and O–H groups in total. The zero-order chi connectivity index (χ0) is 17.3. The van der Waals surface area contributed by atoms with Crippen molar-refractivity contribution in [1.29, 1.82) is 0 Å². The largest absolute Gasteiger partial charge is 0.449 e. The van der Waals surface area contributed by atoms with Gasteiger partial charge in [-0.2, -0.15) is 0 Å². The molecule has 2 aliphatic rings. The van der Waals surface area contributed by atoms with E-state index in [2.05, 4.69) is 4.74 Å². The van der Waals surface area contributed by atoms with Crippen molar-refractivity contribution in [2.75, 3.05) is 13.2 Å². The minimum atomic E-state index is -1.84. The second-order valence-electron chi connectivity index (χ2n) is 5.22. The van der Waals surface area contributed by atoms with Crippen molar-refractivity contribution >= 4 is 11.8 Å². The maximum atomic E-state index is 12.0. The number of hydrogen-bond donors (Lipinski definition) is 6. The summed E-state index contributed by atoms with van der Waals surface area (Å²) < 4.78 is 14.6. The van der Waals surface area contributed by atoms with Crippen molar-refractivity contribution in [1.82, 2.24) is 0 Å². The number of rotatable bonds is 5. The van der Waals surface area contributed by atoms with E-state index < -0.39 is 74.0 Å². The summed E-state index contributed by atoms with van der Waals surface area (Å²) in [6.45, 7) is -1.53. The molecule has 0 spiro atoms. The lowest BCUT2D eigenvalue weighted by Gasteiger charge is -2.39. The van der Waals surface area contributed by atoms with Crippen molar-refractivity contribution < 1.29 is 54.4 Å². The average Bonchev–Trinajstić information content (AvgIpc) is 2.82. The highest BCUT2D eigenvalue weighted by molar-refractivity contribution is 6.09. The predicted octanol–water partition coefficient (Wildman–Crippen LogP) is -4.98. The van der Waals surface area contributed by atoms with Gasteiger partial charge in [0.2, 0.25) is 11.9 Å². The van der Waals surface area contributed by atoms with Crippen molar-refractivity contribution in [2.45, 2.75) is 49.0 Å². The maximum Gasteiger partial charge on any atom is 0.344 e. The van der Waals surface area contributed by atoms with Gasteiger partial charge in [0.25, 0.3) is 0 Å². The highest BCUT2D eigenvalue weighted by Crippen LogP contribution is 2.26. The third-order valence-corrected chi connectivity index (χ3v) is 3.65. The molecule has 0 amide bonds. The van der Waals surface area contributed by atoms with Crippen LogP contribution in [0.25, 0.3) is 0 Å². The Bertz CT molecular complexity index is 452. The fourth-order valence-electron chi connectivity index (χ4n) is 2.31. The number of hydrogen-bond acceptors (Lipinski definition) is 11. The zero-order valence-electron chi connectivity index (χ0n) is 11.8. The molecule has 8 atom stereocenters. The quantitative estimate of drug-likeness (QED) is 0.208. The molecule has 0 aromatic rings. The Labute approximate surface area is 129 Å². The number of aliphatic hydroxyl groups is 6. The highest BCUT2D eigenvalue weighted by atomic mass is 16.7. The molecule has 0 bridgehead atoms. The number of esters is 1. The first kappa shape index (κ1) is 18.2. The summed E-state index contributed by atoms with van der Waals surface area (Å²) in [6, 6.07) is 0. The Balaban J connectivity index is 2.08. The van der Waals surface area contributed by atoms with Crippen LogP contribution in [0.15, 0.2) is 0 Å². The minimum absolute atomic E-state index is 0.709. The van der Waals surface area contributed by atoms with Gasteiger partial charge in [-0.1, -0.05) is 0 Å². The molecule has 132 valence electrons. The Kier molecular flexibility index (Phi) is 5.65. The Morgan fingerprint density at radius 2 is 1.74 bits per heavy atom. The number of ether oxygens (including phenoxy) is 3. The number of aliphatic hydroxyl groups excluding tert-OH is 6. The summed E-state index contributed by atoms with van der Waals surface area (Å²) in [5.41, 5.74) is 0. The van der Waals surface area contributed by atoms with Gasteiger partial charge in [-0.05, 0) is 0 Å². The molecule has 0 radical (unpaired) electrons. The van der Waals surface area contributed by atoms with Gasteiger partial charge in [0.05, 0.1) is 13.2 Å². The van der Waals surface area contributed by atoms with Crippen LogP contribution in [-0.2, 0) is 23.8 Å². The molecule has 0 aromatic carbocycles. The van der Waals surface area contributed by atoms with Crippen LogP contribution in [0.3, 0.4) is 0 Å². The molecule has 0 saturated carbocycles. The predicted molar refractivity (Wildman–Crippen MR) is 66.6 cm³/mol. The fraction of sp³-hybridized carbons (Fsp3) is 0.833. The van der Waals surface area contributed by atoms with Gasteiger partial charge in [0, 0.05) is 0 Å². The summed E-state index contributed by atoms with van der Waals surface area (Å²) in [7, 11) is 0. The van der Waals surface area contributed by atoms with E-state index in [-0.39, 0.29) is 0 Å². The van der Waals surface area contributed by atoms with Crippen LogP contribution in [0.1, 0.15) is 0 Å². The first-order chi connectivity index (χ1) is 10.8. The van der Waals surface area contributed by atoms with Crippen molar-refractivity contribution in [3.63, 3.8) is 0 Å². The number of ketones is 1. The third kappa shape index (κ3) is 3.36. The second kappa shape index (κ2) is 7.15. The van der Waals surface area contributed by atoms with E-state index in [1.165, 1.54) is 0 Å². The van der Waals surface area contributed by atoms with E-state index >= 15 is 0 Å². The molecule has 0 aromatic heterocycles. The van der Waals surface area contributed by atoms with Crippen LogP contribution < -0.4 is 0 Å². The molecule has 11 heteroatoms. The van der Waals surface area contributed by atoms with Crippen LogP contribution in [0.4, 0.5) is 0 Å². The lowest BCUT2D eigenvalue weighted by molar-refractivity contribution is -0.305. The van der Waals surface area contributed by atoms with Gasteiger partial charge in [-0.15, -0.1) is 0 Å². The smallest absolute Gasteiger partial charge is 0.344 e. The Hall–Kier alpha value is -1.18. The van der Waals surface area contributed by atoms with Gasteiger partial charge >= 0.3 is 5.97 Å². The molecule has 0 aliphatic carbocycles. The molecule has 23 heavy (non-hydrogen) atoms. The first-order valence-electron chi connectivity index (χ1n) is 6.81. The fourth-order valence-corrected chi connectivity index (χ4v) is 2.31. The summed E-state index contributed by atoms with van der Waals surface area (Å²) in [6.07, 6.45) is -13.2. The number of cyclic esters (lactones) is 1. The van der Waals surface area contributed by atoms with E-state index in [0.29, 0.717) is 0 Å². The molecular formula is C12H18O11. The summed E-state index contributed by atoms with van der Waals surface area (Å²) in [5.74, 6) is -2.15. The van der Waals surface area contributed by atoms with E-state index in [0.717, 1.165) is 0 Å². The average molecular weight is 338 g/mol. The molecular weight excluding hydrogens is 320 g/mol. The highest BCUT2D eigenvalue weighted by Gasteiger charge is 2.52. The monoisotopic (exact) mass is 338 g/mol. The van der Waals surface area contributed by atoms with Crippen LogP contribution in [0, 0.1) is 0 Å². The van der Waals surface area contributed by atoms with Gasteiger partial charge < -0.3 is 44.8 Å². The van der Waals surface area contributed by atoms with E-state index in [1.54, 1.807) is 0 Å². The van der Waals surface area contributed by atoms with E-state index in [4.69, 9.17) is 19.7 Å². The van der Waals surface area contributed by atoms with Gasteiger partial charge in [0.1, 0.15) is 30.5 Å². The van der Waals surface area contributed by atoms with E-state index in [9.17, 15) is 30.0 Å². The zero-order valence-corrected chi connectivity index (χ0v) is 11.8. The number of carbonyl (C=O) groups excluding carboxylic acids is 2. The normalized spacial score (nSPS) is 42.6. The Morgan fingerprint density at radius 3 is 2.30 bits per heavy atom. The van der Waals surface area contributed by atoms with Crippen molar-refractivity contribution in [2.24, 2.45) is 0 Å². The topological polar surface area (TPSA) is 183 Å². The van der Waals surface area contributed by atoms with Gasteiger partial charge in [-0.3, -0.25) is 4.79 Å². The third-order valence-electron chi connectivity index (χ3n) is 3.65. The summed E-state index contributed by atoms with van der Waals surface area (Å²) >= 11 is 0. The molecule has 11 nitrogen and oxygen atoms in total. The van der Waals surface area contributed by atoms with Gasteiger partial charge in [0.15, 0.2) is 12.4 Å². The molecule has 2 rings (SSSR count). The number of Topliss-reactive ketones (excluding diaryl/α,β-unsaturated/α-hetero) is 1. The lowest BCUT2D eigenvalue weighted by atomic mass is 9.99. The SMILES string of the molecule is O=C1O[C@H]([C@@H](O)CO)C(=O)C1OC1O[C@H](CO)[C@H](O)[C@H](O)[C@H]1O. The molecule has 2 aliphatic heterocycles. The van der Waals surface area contributed by atoms with Crippen molar-refractivity contribution in [3.8, 4) is 0 Å². The first-order valence-corrected chi connectivity index (χ1v) is 6.81. The Morgan fingerprint density at radius 1 is 1.09 bits per heavy atom. The van der Waals surface area contributed by atoms with Crippen molar-refractivity contribution in [3.05, 3.63) is 0 Å². The van der Waals surface area contributed by atoms with Gasteiger partial charge in [-0.25, -0.2) is 4.79 Å². The molecule has 2 fully saturated rings. The summed E-state index contributed by atoms with van der Waals surface area (Å²) in [4.78, 5) is 23.6.